The molecular formula is C16H15N3OS3. The molecule has 0 radical (unpaired) electrons. The molecule has 0 fully saturated rings. The number of hydrogen-bond donors (Lipinski definition) is 1. The summed E-state index contributed by atoms with van der Waals surface area (Å²) in [5.74, 6) is -0.0590. The molecule has 1 atom stereocenters. The molecule has 0 spiro atoms. The molecule has 0 saturated carbocycles. The van der Waals surface area contributed by atoms with Crippen LogP contribution in [0.1, 0.15) is 22.6 Å². The number of hydrogen-bond acceptors (Lipinski definition) is 6. The normalized spacial score (nSPS) is 12.0. The van der Waals surface area contributed by atoms with Gasteiger partial charge in [0.2, 0.25) is 11.0 Å². The van der Waals surface area contributed by atoms with Crippen LogP contribution in [0.3, 0.4) is 0 Å². The molecule has 0 saturated heterocycles. The SMILES string of the molecule is CC(Sc1nnc(NC(=O)Cc2cccs2)s1)c1ccccc1. The van der Waals surface area contributed by atoms with Crippen molar-refractivity contribution in [3.8, 4) is 0 Å². The topological polar surface area (TPSA) is 54.9 Å². The Labute approximate surface area is 147 Å². The third-order valence-electron chi connectivity index (χ3n) is 3.11. The van der Waals surface area contributed by atoms with Crippen molar-refractivity contribution in [1.82, 2.24) is 10.2 Å². The van der Waals surface area contributed by atoms with Gasteiger partial charge in [0.25, 0.3) is 0 Å². The quantitative estimate of drug-likeness (QED) is 0.513. The van der Waals surface area contributed by atoms with Crippen LogP contribution >= 0.6 is 34.4 Å². The first-order valence-corrected chi connectivity index (χ1v) is 9.65. The summed E-state index contributed by atoms with van der Waals surface area (Å²) in [6.07, 6.45) is 0.375. The number of aromatic nitrogens is 2. The van der Waals surface area contributed by atoms with Crippen LogP contribution in [0, 0.1) is 0 Å². The second-order valence-electron chi connectivity index (χ2n) is 4.85. The van der Waals surface area contributed by atoms with Crippen molar-refractivity contribution < 1.29 is 4.79 Å². The minimum Gasteiger partial charge on any atom is -0.300 e. The average Bonchev–Trinajstić information content (AvgIpc) is 3.20. The van der Waals surface area contributed by atoms with E-state index in [1.807, 2.05) is 35.7 Å². The molecule has 23 heavy (non-hydrogen) atoms. The lowest BCUT2D eigenvalue weighted by Gasteiger charge is -2.08. The van der Waals surface area contributed by atoms with Crippen molar-refractivity contribution >= 4 is 45.5 Å². The molecule has 0 aliphatic rings. The van der Waals surface area contributed by atoms with E-state index < -0.39 is 0 Å². The fourth-order valence-corrected chi connectivity index (χ4v) is 4.73. The van der Waals surface area contributed by atoms with Crippen molar-refractivity contribution in [3.05, 3.63) is 58.3 Å². The summed E-state index contributed by atoms with van der Waals surface area (Å²) in [5, 5.41) is 13.8. The molecule has 3 aromatic rings. The third-order valence-corrected chi connectivity index (χ3v) is 6.07. The maximum absolute atomic E-state index is 12.0. The first-order chi connectivity index (χ1) is 11.2. The Hall–Kier alpha value is -1.70. The van der Waals surface area contributed by atoms with Gasteiger partial charge in [-0.05, 0) is 23.9 Å². The van der Waals surface area contributed by atoms with E-state index in [1.165, 1.54) is 16.9 Å². The number of carbonyl (C=O) groups excluding carboxylic acids is 1. The van der Waals surface area contributed by atoms with Crippen LogP contribution in [0.5, 0.6) is 0 Å². The lowest BCUT2D eigenvalue weighted by Crippen LogP contribution is -2.13. The maximum atomic E-state index is 12.0. The Morgan fingerprint density at radius 3 is 2.78 bits per heavy atom. The number of nitrogens with zero attached hydrogens (tertiary/aromatic N) is 2. The Balaban J connectivity index is 1.56. The van der Waals surface area contributed by atoms with Crippen LogP contribution in [0.4, 0.5) is 5.13 Å². The van der Waals surface area contributed by atoms with Crippen molar-refractivity contribution in [2.45, 2.75) is 22.9 Å². The van der Waals surface area contributed by atoms with Gasteiger partial charge < -0.3 is 5.32 Å². The first-order valence-electron chi connectivity index (χ1n) is 7.08. The van der Waals surface area contributed by atoms with Crippen molar-refractivity contribution in [2.75, 3.05) is 5.32 Å². The van der Waals surface area contributed by atoms with Gasteiger partial charge in [-0.2, -0.15) is 0 Å². The zero-order chi connectivity index (χ0) is 16.1. The van der Waals surface area contributed by atoms with E-state index in [-0.39, 0.29) is 5.91 Å². The summed E-state index contributed by atoms with van der Waals surface area (Å²) >= 11 is 4.63. The number of anilines is 1. The van der Waals surface area contributed by atoms with Crippen LogP contribution in [0.25, 0.3) is 0 Å². The predicted molar refractivity (Wildman–Crippen MR) is 97.3 cm³/mol. The number of thiophene rings is 1. The molecule has 1 aromatic carbocycles. The highest BCUT2D eigenvalue weighted by atomic mass is 32.2. The molecule has 1 unspecified atom stereocenters. The van der Waals surface area contributed by atoms with Gasteiger partial charge in [0.1, 0.15) is 0 Å². The van der Waals surface area contributed by atoms with Crippen molar-refractivity contribution in [1.29, 1.82) is 0 Å². The second kappa shape index (κ2) is 7.72. The smallest absolute Gasteiger partial charge is 0.231 e. The molecule has 4 nitrogen and oxygen atoms in total. The van der Waals surface area contributed by atoms with Gasteiger partial charge in [0.05, 0.1) is 6.42 Å². The van der Waals surface area contributed by atoms with Crippen molar-refractivity contribution in [2.24, 2.45) is 0 Å². The van der Waals surface area contributed by atoms with Gasteiger partial charge in [-0.3, -0.25) is 4.79 Å². The van der Waals surface area contributed by atoms with E-state index in [0.29, 0.717) is 16.8 Å². The minimum atomic E-state index is -0.0590. The zero-order valence-electron chi connectivity index (χ0n) is 12.4. The summed E-state index contributed by atoms with van der Waals surface area (Å²) in [6.45, 7) is 2.14. The summed E-state index contributed by atoms with van der Waals surface area (Å²) in [6, 6.07) is 14.2. The Morgan fingerprint density at radius 2 is 2.04 bits per heavy atom. The Morgan fingerprint density at radius 1 is 1.22 bits per heavy atom. The van der Waals surface area contributed by atoms with Crippen LogP contribution < -0.4 is 5.32 Å². The standard InChI is InChI=1S/C16H15N3OS3/c1-11(12-6-3-2-4-7-12)22-16-19-18-15(23-16)17-14(20)10-13-8-5-9-21-13/h2-9,11H,10H2,1H3,(H,17,18,20). The molecule has 0 aliphatic heterocycles. The number of rotatable bonds is 6. The summed E-state index contributed by atoms with van der Waals surface area (Å²) in [7, 11) is 0. The summed E-state index contributed by atoms with van der Waals surface area (Å²) < 4.78 is 0.854. The second-order valence-corrected chi connectivity index (χ2v) is 8.45. The first kappa shape index (κ1) is 16.2. The van der Waals surface area contributed by atoms with Gasteiger partial charge in [-0.25, -0.2) is 0 Å². The molecule has 7 heteroatoms. The highest BCUT2D eigenvalue weighted by Gasteiger charge is 2.13. The maximum Gasteiger partial charge on any atom is 0.231 e. The molecule has 1 N–H and O–H groups in total. The summed E-state index contributed by atoms with van der Waals surface area (Å²) in [4.78, 5) is 13.0. The van der Waals surface area contributed by atoms with Gasteiger partial charge in [-0.1, -0.05) is 59.5 Å². The lowest BCUT2D eigenvalue weighted by molar-refractivity contribution is -0.115. The molecule has 118 valence electrons. The Kier molecular flexibility index (Phi) is 5.43. The van der Waals surface area contributed by atoms with Gasteiger partial charge in [-0.15, -0.1) is 21.5 Å². The van der Waals surface area contributed by atoms with Crippen LogP contribution in [-0.4, -0.2) is 16.1 Å². The van der Waals surface area contributed by atoms with Crippen molar-refractivity contribution in [3.63, 3.8) is 0 Å². The monoisotopic (exact) mass is 361 g/mol. The van der Waals surface area contributed by atoms with E-state index in [4.69, 9.17) is 0 Å². The molecule has 2 heterocycles. The molecule has 3 rings (SSSR count). The van der Waals surface area contributed by atoms with Gasteiger partial charge in [0.15, 0.2) is 4.34 Å². The van der Waals surface area contributed by atoms with E-state index >= 15 is 0 Å². The zero-order valence-corrected chi connectivity index (χ0v) is 14.9. The van der Waals surface area contributed by atoms with E-state index in [9.17, 15) is 4.79 Å². The Bertz CT molecular complexity index is 756. The fraction of sp³-hybridized carbons (Fsp3) is 0.188. The molecule has 2 aromatic heterocycles. The van der Waals surface area contributed by atoms with Crippen LogP contribution in [-0.2, 0) is 11.2 Å². The van der Waals surface area contributed by atoms with E-state index in [0.717, 1.165) is 9.22 Å². The number of amides is 1. The molecule has 0 aliphatic carbocycles. The lowest BCUT2D eigenvalue weighted by atomic mass is 10.2. The third kappa shape index (κ3) is 4.63. The molecule has 0 bridgehead atoms. The van der Waals surface area contributed by atoms with Crippen LogP contribution in [0.2, 0.25) is 0 Å². The van der Waals surface area contributed by atoms with Crippen LogP contribution in [0.15, 0.2) is 52.2 Å². The number of nitrogens with one attached hydrogen (secondary N) is 1. The average molecular weight is 362 g/mol. The highest BCUT2D eigenvalue weighted by molar-refractivity contribution is 8.01. The molecule has 1 amide bonds. The number of thioether (sulfide) groups is 1. The predicted octanol–water partition coefficient (Wildman–Crippen LogP) is 4.63. The van der Waals surface area contributed by atoms with Gasteiger partial charge in [0, 0.05) is 10.1 Å². The fourth-order valence-electron chi connectivity index (χ4n) is 1.99. The minimum absolute atomic E-state index is 0.0590. The number of benzene rings is 1. The van der Waals surface area contributed by atoms with E-state index in [2.05, 4.69) is 34.6 Å². The molecular weight excluding hydrogens is 346 g/mol. The largest absolute Gasteiger partial charge is 0.300 e. The summed E-state index contributed by atoms with van der Waals surface area (Å²) in [5.41, 5.74) is 1.25. The van der Waals surface area contributed by atoms with Gasteiger partial charge >= 0.3 is 0 Å². The highest BCUT2D eigenvalue weighted by Crippen LogP contribution is 2.37. The van der Waals surface area contributed by atoms with E-state index in [1.54, 1.807) is 23.1 Å². The number of carbonyl (C=O) groups is 1.